The average Bonchev–Trinajstić information content (AvgIpc) is 2.45. The van der Waals surface area contributed by atoms with Gasteiger partial charge in [-0.3, -0.25) is 0 Å². The highest BCUT2D eigenvalue weighted by Gasteiger charge is 2.13. The Morgan fingerprint density at radius 1 is 0.895 bits per heavy atom. The lowest BCUT2D eigenvalue weighted by molar-refractivity contribution is 0.282. The van der Waals surface area contributed by atoms with Gasteiger partial charge in [0, 0.05) is 6.04 Å². The van der Waals surface area contributed by atoms with Gasteiger partial charge in [0.15, 0.2) is 0 Å². The topological polar surface area (TPSA) is 3.24 Å². The lowest BCUT2D eigenvalue weighted by Gasteiger charge is -2.24. The number of benzene rings is 2. The van der Waals surface area contributed by atoms with Gasteiger partial charge in [0.2, 0.25) is 0 Å². The lowest BCUT2D eigenvalue weighted by Crippen LogP contribution is -2.19. The molecule has 1 heteroatoms. The summed E-state index contributed by atoms with van der Waals surface area (Å²) in [5.41, 5.74) is 4.01. The molecule has 0 heterocycles. The van der Waals surface area contributed by atoms with Crippen molar-refractivity contribution in [3.8, 4) is 11.1 Å². The van der Waals surface area contributed by atoms with Gasteiger partial charge in [-0.2, -0.15) is 0 Å². The maximum absolute atomic E-state index is 2.33. The molecule has 100 valence electrons. The van der Waals surface area contributed by atoms with Crippen molar-refractivity contribution < 1.29 is 0 Å². The van der Waals surface area contributed by atoms with Gasteiger partial charge in [0.05, 0.1) is 0 Å². The molecule has 1 unspecified atom stereocenters. The first-order chi connectivity index (χ1) is 9.22. The van der Waals surface area contributed by atoms with E-state index < -0.39 is 0 Å². The number of rotatable bonds is 5. The van der Waals surface area contributed by atoms with Crippen LogP contribution in [-0.4, -0.2) is 19.0 Å². The van der Waals surface area contributed by atoms with E-state index in [1.807, 2.05) is 0 Å². The van der Waals surface area contributed by atoms with Crippen molar-refractivity contribution in [2.45, 2.75) is 25.8 Å². The summed E-state index contributed by atoms with van der Waals surface area (Å²) in [6, 6.07) is 20.0. The molecular weight excluding hydrogens is 230 g/mol. The predicted octanol–water partition coefficient (Wildman–Crippen LogP) is 4.76. The molecule has 0 amide bonds. The van der Waals surface area contributed by atoms with E-state index >= 15 is 0 Å². The molecule has 0 N–H and O–H groups in total. The molecule has 0 aliphatic rings. The van der Waals surface area contributed by atoms with Crippen LogP contribution in [0.4, 0.5) is 0 Å². The fraction of sp³-hybridized carbons (Fsp3) is 0.333. The number of hydrogen-bond donors (Lipinski definition) is 0. The van der Waals surface area contributed by atoms with E-state index in [1.165, 1.54) is 29.5 Å². The Morgan fingerprint density at radius 3 is 2.21 bits per heavy atom. The summed E-state index contributed by atoms with van der Waals surface area (Å²) in [4.78, 5) is 2.31. The monoisotopic (exact) mass is 253 g/mol. The minimum Gasteiger partial charge on any atom is -0.302 e. The quantitative estimate of drug-likeness (QED) is 0.743. The van der Waals surface area contributed by atoms with E-state index in [0.29, 0.717) is 6.04 Å². The zero-order valence-corrected chi connectivity index (χ0v) is 12.1. The first-order valence-corrected chi connectivity index (χ1v) is 7.04. The van der Waals surface area contributed by atoms with Crippen molar-refractivity contribution in [2.75, 3.05) is 14.1 Å². The fourth-order valence-electron chi connectivity index (χ4n) is 2.55. The van der Waals surface area contributed by atoms with Crippen LogP contribution in [0.5, 0.6) is 0 Å². The summed E-state index contributed by atoms with van der Waals surface area (Å²) in [5, 5.41) is 0. The molecule has 2 aromatic carbocycles. The number of hydrogen-bond acceptors (Lipinski definition) is 1. The van der Waals surface area contributed by atoms with Crippen molar-refractivity contribution in [3.05, 3.63) is 60.2 Å². The lowest BCUT2D eigenvalue weighted by atomic mass is 9.96. The van der Waals surface area contributed by atoms with Crippen LogP contribution in [0, 0.1) is 0 Å². The van der Waals surface area contributed by atoms with E-state index in [4.69, 9.17) is 0 Å². The van der Waals surface area contributed by atoms with E-state index in [2.05, 4.69) is 80.5 Å². The van der Waals surface area contributed by atoms with Crippen molar-refractivity contribution in [1.29, 1.82) is 0 Å². The standard InChI is InChI=1S/C18H23N/c1-4-9-18(19(2)3)17-13-8-12-16(14-17)15-10-6-5-7-11-15/h5-8,10-14,18H,4,9H2,1-3H3. The molecule has 0 aliphatic carbocycles. The maximum Gasteiger partial charge on any atom is 0.0342 e. The molecule has 0 bridgehead atoms. The minimum atomic E-state index is 0.508. The zero-order chi connectivity index (χ0) is 13.7. The minimum absolute atomic E-state index is 0.508. The van der Waals surface area contributed by atoms with Crippen LogP contribution in [0.2, 0.25) is 0 Å². The highest BCUT2D eigenvalue weighted by atomic mass is 15.1. The van der Waals surface area contributed by atoms with Gasteiger partial charge < -0.3 is 4.90 Å². The van der Waals surface area contributed by atoms with Gasteiger partial charge in [0.25, 0.3) is 0 Å². The van der Waals surface area contributed by atoms with E-state index in [9.17, 15) is 0 Å². The Kier molecular flexibility index (Phi) is 4.75. The molecule has 0 fully saturated rings. The number of nitrogens with zero attached hydrogens (tertiary/aromatic N) is 1. The van der Waals surface area contributed by atoms with Gasteiger partial charge >= 0.3 is 0 Å². The molecule has 1 nitrogen and oxygen atoms in total. The zero-order valence-electron chi connectivity index (χ0n) is 12.1. The molecule has 1 atom stereocenters. The Morgan fingerprint density at radius 2 is 1.58 bits per heavy atom. The Balaban J connectivity index is 2.33. The summed E-state index contributed by atoms with van der Waals surface area (Å²) in [5.74, 6) is 0. The van der Waals surface area contributed by atoms with Crippen molar-refractivity contribution in [3.63, 3.8) is 0 Å². The molecule has 19 heavy (non-hydrogen) atoms. The summed E-state index contributed by atoms with van der Waals surface area (Å²) >= 11 is 0. The van der Waals surface area contributed by atoms with Crippen molar-refractivity contribution in [2.24, 2.45) is 0 Å². The van der Waals surface area contributed by atoms with E-state index in [-0.39, 0.29) is 0 Å². The van der Waals surface area contributed by atoms with Crippen molar-refractivity contribution >= 4 is 0 Å². The second-order valence-electron chi connectivity index (χ2n) is 5.26. The molecule has 0 aliphatic heterocycles. The normalized spacial score (nSPS) is 12.6. The second-order valence-corrected chi connectivity index (χ2v) is 5.26. The molecule has 0 radical (unpaired) electrons. The summed E-state index contributed by atoms with van der Waals surface area (Å²) in [7, 11) is 4.32. The summed E-state index contributed by atoms with van der Waals surface area (Å²) in [6.45, 7) is 2.25. The average molecular weight is 253 g/mol. The summed E-state index contributed by atoms with van der Waals surface area (Å²) in [6.07, 6.45) is 2.41. The van der Waals surface area contributed by atoms with Gasteiger partial charge in [0.1, 0.15) is 0 Å². The fourth-order valence-corrected chi connectivity index (χ4v) is 2.55. The Bertz CT molecular complexity index is 502. The van der Waals surface area contributed by atoms with Crippen LogP contribution in [0.1, 0.15) is 31.4 Å². The molecule has 0 saturated carbocycles. The van der Waals surface area contributed by atoms with Crippen LogP contribution < -0.4 is 0 Å². The first kappa shape index (κ1) is 13.8. The maximum atomic E-state index is 2.33. The highest BCUT2D eigenvalue weighted by Crippen LogP contribution is 2.27. The van der Waals surface area contributed by atoms with Gasteiger partial charge in [-0.15, -0.1) is 0 Å². The van der Waals surface area contributed by atoms with E-state index in [0.717, 1.165) is 0 Å². The Hall–Kier alpha value is -1.60. The van der Waals surface area contributed by atoms with Gasteiger partial charge in [-0.1, -0.05) is 61.9 Å². The molecular formula is C18H23N. The third-order valence-electron chi connectivity index (χ3n) is 3.56. The van der Waals surface area contributed by atoms with Crippen LogP contribution in [0.15, 0.2) is 54.6 Å². The molecule has 0 saturated heterocycles. The molecule has 0 aromatic heterocycles. The summed E-state index contributed by atoms with van der Waals surface area (Å²) < 4.78 is 0. The molecule has 2 aromatic rings. The SMILES string of the molecule is CCCC(c1cccc(-c2ccccc2)c1)N(C)C. The smallest absolute Gasteiger partial charge is 0.0342 e. The predicted molar refractivity (Wildman–Crippen MR) is 83.2 cm³/mol. The largest absolute Gasteiger partial charge is 0.302 e. The van der Waals surface area contributed by atoms with Crippen LogP contribution >= 0.6 is 0 Å². The molecule has 0 spiro atoms. The third kappa shape index (κ3) is 3.45. The van der Waals surface area contributed by atoms with Crippen LogP contribution in [0.3, 0.4) is 0 Å². The van der Waals surface area contributed by atoms with Gasteiger partial charge in [-0.25, -0.2) is 0 Å². The van der Waals surface area contributed by atoms with E-state index in [1.54, 1.807) is 0 Å². The highest BCUT2D eigenvalue weighted by molar-refractivity contribution is 5.64. The van der Waals surface area contributed by atoms with Crippen LogP contribution in [-0.2, 0) is 0 Å². The second kappa shape index (κ2) is 6.53. The van der Waals surface area contributed by atoms with Gasteiger partial charge in [-0.05, 0) is 43.3 Å². The first-order valence-electron chi connectivity index (χ1n) is 7.04. The third-order valence-corrected chi connectivity index (χ3v) is 3.56. The van der Waals surface area contributed by atoms with Crippen molar-refractivity contribution in [1.82, 2.24) is 4.90 Å². The Labute approximate surface area is 116 Å². The molecule has 2 rings (SSSR count). The van der Waals surface area contributed by atoms with Crippen LogP contribution in [0.25, 0.3) is 11.1 Å².